The molecule has 0 bridgehead atoms. The standard InChI is InChI=1S/C14H19IN2O2/c1-10-7-17(8-11(2)19-10)9-14(18)16-13-5-3-4-12(15)6-13/h3-6,10-11H,7-9H2,1-2H3,(H,16,18)/p+1/t10-,11-/m0/s1. The summed E-state index contributed by atoms with van der Waals surface area (Å²) in [5, 5.41) is 2.95. The Morgan fingerprint density at radius 1 is 1.42 bits per heavy atom. The minimum absolute atomic E-state index is 0.0679. The Labute approximate surface area is 127 Å². The van der Waals surface area contributed by atoms with E-state index >= 15 is 0 Å². The summed E-state index contributed by atoms with van der Waals surface area (Å²) in [6.07, 6.45) is 0.452. The Morgan fingerprint density at radius 2 is 2.11 bits per heavy atom. The number of rotatable bonds is 3. The SMILES string of the molecule is C[C@H]1C[NH+](CC(=O)Nc2cccc(I)c2)C[C@H](C)O1. The van der Waals surface area contributed by atoms with Crippen LogP contribution in [0.3, 0.4) is 0 Å². The van der Waals surface area contributed by atoms with Gasteiger partial charge in [-0.3, -0.25) is 4.79 Å². The molecule has 0 aromatic heterocycles. The third kappa shape index (κ3) is 4.74. The van der Waals surface area contributed by atoms with E-state index < -0.39 is 0 Å². The van der Waals surface area contributed by atoms with E-state index in [0.29, 0.717) is 6.54 Å². The average molecular weight is 375 g/mol. The van der Waals surface area contributed by atoms with Crippen molar-refractivity contribution in [3.63, 3.8) is 0 Å². The lowest BCUT2D eigenvalue weighted by Crippen LogP contribution is -3.16. The van der Waals surface area contributed by atoms with Crippen molar-refractivity contribution in [3.8, 4) is 0 Å². The number of halogens is 1. The van der Waals surface area contributed by atoms with Crippen molar-refractivity contribution >= 4 is 34.2 Å². The molecule has 0 spiro atoms. The van der Waals surface area contributed by atoms with Gasteiger partial charge in [-0.2, -0.15) is 0 Å². The maximum Gasteiger partial charge on any atom is 0.279 e. The van der Waals surface area contributed by atoms with Gasteiger partial charge in [-0.05, 0) is 54.6 Å². The lowest BCUT2D eigenvalue weighted by atomic mass is 10.2. The molecule has 0 saturated carbocycles. The first-order valence-electron chi connectivity index (χ1n) is 6.57. The molecule has 5 heteroatoms. The predicted molar refractivity (Wildman–Crippen MR) is 83.4 cm³/mol. The van der Waals surface area contributed by atoms with Crippen molar-refractivity contribution in [3.05, 3.63) is 27.8 Å². The number of nitrogens with one attached hydrogen (secondary N) is 2. The summed E-state index contributed by atoms with van der Waals surface area (Å²) in [7, 11) is 0. The van der Waals surface area contributed by atoms with E-state index in [1.165, 1.54) is 4.90 Å². The smallest absolute Gasteiger partial charge is 0.279 e. The van der Waals surface area contributed by atoms with Crippen LogP contribution in [0.25, 0.3) is 0 Å². The van der Waals surface area contributed by atoms with Crippen molar-refractivity contribution < 1.29 is 14.4 Å². The molecule has 0 aliphatic carbocycles. The van der Waals surface area contributed by atoms with Gasteiger partial charge >= 0.3 is 0 Å². The van der Waals surface area contributed by atoms with Gasteiger partial charge in [0.05, 0.1) is 0 Å². The normalized spacial score (nSPS) is 27.0. The molecule has 104 valence electrons. The van der Waals surface area contributed by atoms with Crippen LogP contribution in [0.5, 0.6) is 0 Å². The second kappa shape index (κ2) is 6.67. The highest BCUT2D eigenvalue weighted by atomic mass is 127. The quantitative estimate of drug-likeness (QED) is 0.772. The van der Waals surface area contributed by atoms with Gasteiger partial charge in [0.2, 0.25) is 0 Å². The van der Waals surface area contributed by atoms with Gasteiger partial charge in [-0.1, -0.05) is 6.07 Å². The predicted octanol–water partition coefficient (Wildman–Crippen LogP) is 0.922. The molecule has 2 N–H and O–H groups in total. The van der Waals surface area contributed by atoms with Crippen LogP contribution in [0.15, 0.2) is 24.3 Å². The van der Waals surface area contributed by atoms with Crippen LogP contribution in [0.2, 0.25) is 0 Å². The van der Waals surface area contributed by atoms with Crippen molar-refractivity contribution in [1.29, 1.82) is 0 Å². The number of amides is 1. The molecule has 1 heterocycles. The monoisotopic (exact) mass is 375 g/mol. The Bertz CT molecular complexity index is 443. The van der Waals surface area contributed by atoms with E-state index in [4.69, 9.17) is 4.74 Å². The molecule has 1 aromatic rings. The number of hydrogen-bond donors (Lipinski definition) is 2. The average Bonchev–Trinajstić information content (AvgIpc) is 2.26. The summed E-state index contributed by atoms with van der Waals surface area (Å²) >= 11 is 2.24. The summed E-state index contributed by atoms with van der Waals surface area (Å²) in [6, 6.07) is 7.84. The summed E-state index contributed by atoms with van der Waals surface area (Å²) in [5.41, 5.74) is 0.866. The summed E-state index contributed by atoms with van der Waals surface area (Å²) < 4.78 is 6.80. The third-order valence-corrected chi connectivity index (χ3v) is 3.81. The Balaban J connectivity index is 1.87. The molecule has 1 aliphatic rings. The van der Waals surface area contributed by atoms with Crippen LogP contribution in [-0.2, 0) is 9.53 Å². The van der Waals surface area contributed by atoms with Crippen molar-refractivity contribution in [2.24, 2.45) is 0 Å². The second-order valence-electron chi connectivity index (χ2n) is 5.15. The van der Waals surface area contributed by atoms with Gasteiger partial charge in [0.25, 0.3) is 5.91 Å². The van der Waals surface area contributed by atoms with Crippen molar-refractivity contribution in [2.75, 3.05) is 25.0 Å². The lowest BCUT2D eigenvalue weighted by Gasteiger charge is -2.31. The fourth-order valence-corrected chi connectivity index (χ4v) is 3.08. The van der Waals surface area contributed by atoms with Gasteiger partial charge in [0, 0.05) is 9.26 Å². The van der Waals surface area contributed by atoms with Gasteiger partial charge in [-0.15, -0.1) is 0 Å². The van der Waals surface area contributed by atoms with Gasteiger partial charge in [-0.25, -0.2) is 0 Å². The van der Waals surface area contributed by atoms with E-state index in [2.05, 4.69) is 41.8 Å². The van der Waals surface area contributed by atoms with Crippen molar-refractivity contribution in [2.45, 2.75) is 26.1 Å². The number of carbonyl (C=O) groups excluding carboxylic acids is 1. The number of hydrogen-bond acceptors (Lipinski definition) is 2. The molecule has 2 rings (SSSR count). The highest BCUT2D eigenvalue weighted by molar-refractivity contribution is 14.1. The molecule has 1 aliphatic heterocycles. The number of quaternary nitrogens is 1. The van der Waals surface area contributed by atoms with E-state index in [1.54, 1.807) is 0 Å². The van der Waals surface area contributed by atoms with Gasteiger partial charge in [0.15, 0.2) is 6.54 Å². The number of carbonyl (C=O) groups is 1. The first-order valence-corrected chi connectivity index (χ1v) is 7.65. The maximum absolute atomic E-state index is 12.0. The Kier molecular flexibility index (Phi) is 5.18. The summed E-state index contributed by atoms with van der Waals surface area (Å²) in [4.78, 5) is 13.3. The molecule has 4 nitrogen and oxygen atoms in total. The maximum atomic E-state index is 12.0. The van der Waals surface area contributed by atoms with E-state index in [-0.39, 0.29) is 18.1 Å². The highest BCUT2D eigenvalue weighted by Gasteiger charge is 2.27. The number of benzene rings is 1. The lowest BCUT2D eigenvalue weighted by molar-refractivity contribution is -0.907. The highest BCUT2D eigenvalue weighted by Crippen LogP contribution is 2.11. The summed E-state index contributed by atoms with van der Waals surface area (Å²) in [5.74, 6) is 0.0679. The van der Waals surface area contributed by atoms with Gasteiger partial charge < -0.3 is 15.0 Å². The zero-order valence-corrected chi connectivity index (χ0v) is 13.4. The first kappa shape index (κ1) is 14.7. The molecular formula is C14H20IN2O2+. The zero-order valence-electron chi connectivity index (χ0n) is 11.3. The number of anilines is 1. The van der Waals surface area contributed by atoms with Crippen molar-refractivity contribution in [1.82, 2.24) is 0 Å². The van der Waals surface area contributed by atoms with Crippen LogP contribution in [0.4, 0.5) is 5.69 Å². The van der Waals surface area contributed by atoms with Crippen LogP contribution in [0, 0.1) is 3.57 Å². The molecule has 1 amide bonds. The van der Waals surface area contributed by atoms with E-state index in [0.717, 1.165) is 22.3 Å². The topological polar surface area (TPSA) is 42.8 Å². The molecule has 19 heavy (non-hydrogen) atoms. The molecular weight excluding hydrogens is 355 g/mol. The minimum atomic E-state index is 0.0679. The Hall–Kier alpha value is -0.660. The number of ether oxygens (including phenoxy) is 1. The van der Waals surface area contributed by atoms with Gasteiger partial charge in [0.1, 0.15) is 25.3 Å². The van der Waals surface area contributed by atoms with Crippen LogP contribution < -0.4 is 10.2 Å². The fourth-order valence-electron chi connectivity index (χ4n) is 2.53. The molecule has 1 saturated heterocycles. The molecule has 1 fully saturated rings. The van der Waals surface area contributed by atoms with Crippen LogP contribution in [-0.4, -0.2) is 37.7 Å². The fraction of sp³-hybridized carbons (Fsp3) is 0.500. The number of morpholine rings is 1. The van der Waals surface area contributed by atoms with Crippen LogP contribution in [0.1, 0.15) is 13.8 Å². The second-order valence-corrected chi connectivity index (χ2v) is 6.40. The first-order chi connectivity index (χ1) is 9.02. The molecule has 0 unspecified atom stereocenters. The third-order valence-electron chi connectivity index (χ3n) is 3.14. The van der Waals surface area contributed by atoms with E-state index in [9.17, 15) is 4.79 Å². The largest absolute Gasteiger partial charge is 0.364 e. The Morgan fingerprint density at radius 3 is 2.74 bits per heavy atom. The summed E-state index contributed by atoms with van der Waals surface area (Å²) in [6.45, 7) is 6.41. The zero-order chi connectivity index (χ0) is 13.8. The minimum Gasteiger partial charge on any atom is -0.364 e. The van der Waals surface area contributed by atoms with E-state index in [1.807, 2.05) is 24.3 Å². The molecule has 0 radical (unpaired) electrons. The molecule has 1 aromatic carbocycles. The molecule has 2 atom stereocenters. The van der Waals surface area contributed by atoms with Crippen LogP contribution >= 0.6 is 22.6 Å².